The van der Waals surface area contributed by atoms with Crippen LogP contribution in [0.25, 0.3) is 0 Å². The van der Waals surface area contributed by atoms with Crippen molar-refractivity contribution in [3.05, 3.63) is 52.5 Å². The molecular formula is C20H22BrNO4. The van der Waals surface area contributed by atoms with E-state index >= 15 is 0 Å². The van der Waals surface area contributed by atoms with Crippen molar-refractivity contribution in [2.75, 3.05) is 20.2 Å². The normalized spacial score (nSPS) is 15.7. The summed E-state index contributed by atoms with van der Waals surface area (Å²) in [5.41, 5.74) is 0.529. The molecule has 6 heteroatoms. The molecule has 1 atom stereocenters. The Morgan fingerprint density at radius 2 is 2.00 bits per heavy atom. The van der Waals surface area contributed by atoms with Crippen molar-refractivity contribution in [2.45, 2.75) is 26.1 Å². The highest BCUT2D eigenvalue weighted by atomic mass is 79.9. The van der Waals surface area contributed by atoms with E-state index < -0.39 is 0 Å². The Morgan fingerprint density at radius 1 is 1.27 bits per heavy atom. The lowest BCUT2D eigenvalue weighted by molar-refractivity contribution is 0.0517. The number of para-hydroxylation sites is 2. The summed E-state index contributed by atoms with van der Waals surface area (Å²) in [5.74, 6) is 1.89. The Hall–Kier alpha value is -2.21. The highest BCUT2D eigenvalue weighted by molar-refractivity contribution is 9.10. The van der Waals surface area contributed by atoms with Crippen molar-refractivity contribution in [1.82, 2.24) is 4.90 Å². The molecule has 0 bridgehead atoms. The maximum absolute atomic E-state index is 12.9. The monoisotopic (exact) mass is 419 g/mol. The molecule has 0 fully saturated rings. The van der Waals surface area contributed by atoms with Crippen LogP contribution in [0, 0.1) is 0 Å². The molecule has 5 nitrogen and oxygen atoms in total. The molecule has 1 heterocycles. The van der Waals surface area contributed by atoms with Crippen LogP contribution in [0.3, 0.4) is 0 Å². The topological polar surface area (TPSA) is 48.0 Å². The summed E-state index contributed by atoms with van der Waals surface area (Å²) in [5, 5.41) is 0. The Balaban J connectivity index is 1.71. The smallest absolute Gasteiger partial charge is 0.257 e. The largest absolute Gasteiger partial charge is 0.490 e. The summed E-state index contributed by atoms with van der Waals surface area (Å²) >= 11 is 3.43. The molecule has 1 aliphatic rings. The van der Waals surface area contributed by atoms with Crippen molar-refractivity contribution < 1.29 is 19.0 Å². The zero-order valence-electron chi connectivity index (χ0n) is 15.1. The van der Waals surface area contributed by atoms with Crippen molar-refractivity contribution in [3.63, 3.8) is 0 Å². The van der Waals surface area contributed by atoms with Crippen LogP contribution >= 0.6 is 15.9 Å². The maximum Gasteiger partial charge on any atom is 0.257 e. The molecule has 2 aromatic rings. The molecule has 2 aromatic carbocycles. The molecule has 138 valence electrons. The lowest BCUT2D eigenvalue weighted by Crippen LogP contribution is -2.41. The Bertz CT molecular complexity index is 793. The minimum absolute atomic E-state index is 0.0206. The van der Waals surface area contributed by atoms with Crippen LogP contribution in [0.15, 0.2) is 46.9 Å². The van der Waals surface area contributed by atoms with Gasteiger partial charge in [0.2, 0.25) is 0 Å². The van der Waals surface area contributed by atoms with E-state index in [1.807, 2.05) is 50.2 Å². The number of hydrogen-bond donors (Lipinski definition) is 0. The van der Waals surface area contributed by atoms with Gasteiger partial charge in [-0.05, 0) is 44.2 Å². The fourth-order valence-corrected chi connectivity index (χ4v) is 3.11. The summed E-state index contributed by atoms with van der Waals surface area (Å²) in [6.45, 7) is 4.70. The third kappa shape index (κ3) is 4.30. The minimum Gasteiger partial charge on any atom is -0.490 e. The van der Waals surface area contributed by atoms with E-state index in [0.29, 0.717) is 30.2 Å². The first-order valence-electron chi connectivity index (χ1n) is 8.54. The molecule has 1 amide bonds. The van der Waals surface area contributed by atoms with Gasteiger partial charge in [-0.15, -0.1) is 0 Å². The number of halogens is 1. The number of amides is 1. The quantitative estimate of drug-likeness (QED) is 0.730. The van der Waals surface area contributed by atoms with Crippen molar-refractivity contribution in [2.24, 2.45) is 0 Å². The van der Waals surface area contributed by atoms with E-state index in [-0.39, 0.29) is 18.1 Å². The van der Waals surface area contributed by atoms with Gasteiger partial charge >= 0.3 is 0 Å². The SMILES string of the molecule is CC(C)Oc1cc(Br)ccc1C(=O)N(C)CC1COc2ccccc2O1. The first-order valence-corrected chi connectivity index (χ1v) is 9.33. The average molecular weight is 420 g/mol. The number of benzene rings is 2. The number of fused-ring (bicyclic) bond motifs is 1. The number of nitrogens with zero attached hydrogens (tertiary/aromatic N) is 1. The maximum atomic E-state index is 12.9. The van der Waals surface area contributed by atoms with E-state index in [1.165, 1.54) is 0 Å². The van der Waals surface area contributed by atoms with Gasteiger partial charge in [0.05, 0.1) is 18.2 Å². The molecule has 1 aliphatic heterocycles. The third-order valence-corrected chi connectivity index (χ3v) is 4.42. The second-order valence-corrected chi connectivity index (χ2v) is 7.41. The minimum atomic E-state index is -0.219. The van der Waals surface area contributed by atoms with Gasteiger partial charge in [-0.2, -0.15) is 0 Å². The second kappa shape index (κ2) is 7.99. The lowest BCUT2D eigenvalue weighted by Gasteiger charge is -2.30. The highest BCUT2D eigenvalue weighted by Gasteiger charge is 2.25. The summed E-state index contributed by atoms with van der Waals surface area (Å²) in [4.78, 5) is 14.5. The number of hydrogen-bond acceptors (Lipinski definition) is 4. The van der Waals surface area contributed by atoms with E-state index in [9.17, 15) is 4.79 Å². The molecule has 0 aromatic heterocycles. The van der Waals surface area contributed by atoms with Gasteiger partial charge in [0, 0.05) is 11.5 Å². The van der Waals surface area contributed by atoms with Gasteiger partial charge in [-0.1, -0.05) is 28.1 Å². The molecule has 0 spiro atoms. The third-order valence-electron chi connectivity index (χ3n) is 3.93. The predicted molar refractivity (Wildman–Crippen MR) is 103 cm³/mol. The molecular weight excluding hydrogens is 398 g/mol. The van der Waals surface area contributed by atoms with Crippen molar-refractivity contribution in [1.29, 1.82) is 0 Å². The van der Waals surface area contributed by atoms with Crippen LogP contribution in [-0.2, 0) is 0 Å². The van der Waals surface area contributed by atoms with Crippen LogP contribution in [0.5, 0.6) is 17.2 Å². The van der Waals surface area contributed by atoms with E-state index in [1.54, 1.807) is 18.0 Å². The fraction of sp³-hybridized carbons (Fsp3) is 0.350. The molecule has 1 unspecified atom stereocenters. The van der Waals surface area contributed by atoms with Gasteiger partial charge < -0.3 is 19.1 Å². The van der Waals surface area contributed by atoms with Crippen LogP contribution < -0.4 is 14.2 Å². The van der Waals surface area contributed by atoms with Crippen molar-refractivity contribution in [3.8, 4) is 17.2 Å². The number of carbonyl (C=O) groups is 1. The summed E-state index contributed by atoms with van der Waals surface area (Å²) in [6, 6.07) is 13.0. The Labute approximate surface area is 162 Å². The molecule has 0 radical (unpaired) electrons. The molecule has 0 N–H and O–H groups in total. The zero-order chi connectivity index (χ0) is 18.7. The number of ether oxygens (including phenoxy) is 3. The van der Waals surface area contributed by atoms with Gasteiger partial charge in [-0.25, -0.2) is 0 Å². The number of likely N-dealkylation sites (N-methyl/N-ethyl adjacent to an activating group) is 1. The summed E-state index contributed by atoms with van der Waals surface area (Å²) in [7, 11) is 1.76. The zero-order valence-corrected chi connectivity index (χ0v) is 16.7. The molecule has 0 saturated heterocycles. The predicted octanol–water partition coefficient (Wildman–Crippen LogP) is 4.15. The second-order valence-electron chi connectivity index (χ2n) is 6.49. The molecule has 3 rings (SSSR count). The molecule has 26 heavy (non-hydrogen) atoms. The van der Waals surface area contributed by atoms with E-state index in [0.717, 1.165) is 10.2 Å². The first-order chi connectivity index (χ1) is 12.4. The number of carbonyl (C=O) groups excluding carboxylic acids is 1. The lowest BCUT2D eigenvalue weighted by atomic mass is 10.1. The van der Waals surface area contributed by atoms with E-state index in [2.05, 4.69) is 15.9 Å². The fourth-order valence-electron chi connectivity index (χ4n) is 2.77. The van der Waals surface area contributed by atoms with Crippen LogP contribution in [0.1, 0.15) is 24.2 Å². The van der Waals surface area contributed by atoms with Gasteiger partial charge in [0.25, 0.3) is 5.91 Å². The van der Waals surface area contributed by atoms with Crippen LogP contribution in [0.4, 0.5) is 0 Å². The van der Waals surface area contributed by atoms with Crippen LogP contribution in [-0.4, -0.2) is 43.2 Å². The standard InChI is InChI=1S/C20H22BrNO4/c1-13(2)25-19-10-14(21)8-9-16(19)20(23)22(3)11-15-12-24-17-6-4-5-7-18(17)26-15/h4-10,13,15H,11-12H2,1-3H3. The Morgan fingerprint density at radius 3 is 2.73 bits per heavy atom. The van der Waals surface area contributed by atoms with Gasteiger partial charge in [-0.3, -0.25) is 4.79 Å². The molecule has 0 aliphatic carbocycles. The Kier molecular flexibility index (Phi) is 5.71. The highest BCUT2D eigenvalue weighted by Crippen LogP contribution is 2.31. The number of rotatable bonds is 5. The van der Waals surface area contributed by atoms with Crippen molar-refractivity contribution >= 4 is 21.8 Å². The van der Waals surface area contributed by atoms with Gasteiger partial charge in [0.15, 0.2) is 17.6 Å². The van der Waals surface area contributed by atoms with Crippen LogP contribution in [0.2, 0.25) is 0 Å². The van der Waals surface area contributed by atoms with Gasteiger partial charge in [0.1, 0.15) is 12.4 Å². The summed E-state index contributed by atoms with van der Waals surface area (Å²) < 4.78 is 18.3. The average Bonchev–Trinajstić information content (AvgIpc) is 2.60. The summed E-state index contributed by atoms with van der Waals surface area (Å²) in [6.07, 6.45) is -0.239. The molecule has 0 saturated carbocycles. The van der Waals surface area contributed by atoms with E-state index in [4.69, 9.17) is 14.2 Å². The first kappa shape index (κ1) is 18.6.